The maximum Gasteiger partial charge on any atom is 0.410 e. The molecule has 3 aliphatic rings. The highest BCUT2D eigenvalue weighted by Crippen LogP contribution is 2.53. The zero-order valence-electron chi connectivity index (χ0n) is 27.0. The number of benzene rings is 1. The van der Waals surface area contributed by atoms with Crippen molar-refractivity contribution in [2.45, 2.75) is 56.2 Å². The summed E-state index contributed by atoms with van der Waals surface area (Å²) in [5.41, 5.74) is 6.98. The summed E-state index contributed by atoms with van der Waals surface area (Å²) in [5, 5.41) is 12.8. The average molecular weight is 683 g/mol. The quantitative estimate of drug-likeness (QED) is 0.107. The summed E-state index contributed by atoms with van der Waals surface area (Å²) >= 11 is 1.42. The van der Waals surface area contributed by atoms with Gasteiger partial charge in [-0.2, -0.15) is 0 Å². The number of hydrogen-bond acceptors (Lipinski definition) is 10. The Bertz CT molecular complexity index is 1480. The van der Waals surface area contributed by atoms with E-state index in [1.807, 2.05) is 6.92 Å². The molecule has 7 atom stereocenters. The van der Waals surface area contributed by atoms with Crippen LogP contribution in [0.2, 0.25) is 0 Å². The minimum Gasteiger partial charge on any atom is -0.457 e. The second-order valence-electron chi connectivity index (χ2n) is 11.8. The third-order valence-electron chi connectivity index (χ3n) is 8.50. The summed E-state index contributed by atoms with van der Waals surface area (Å²) in [6.07, 6.45) is 2.49. The van der Waals surface area contributed by atoms with E-state index in [1.165, 1.54) is 34.9 Å². The standard InChI is InChI=1S/C34H42N4O9S/c1-6-13-45-32(42)29-30(19(4)28-27(20(5)39)31(41)38(28)29)48-23-16-25(37(18-23)34(44)47-15-8-3)22-11-9-21(10-12-22)24(17-26(35)40)36-33(43)46-14-7-2/h6-12,19-20,23-25,27-28,39H,1-3,13-18H2,4-5H3,(H2,35,40)(H,36,43)/t19-,20-,23+,24+,25-,27-,28-/m1/s1. The lowest BCUT2D eigenvalue weighted by atomic mass is 9.79. The average Bonchev–Trinajstić information content (AvgIpc) is 3.58. The maximum absolute atomic E-state index is 13.3. The van der Waals surface area contributed by atoms with E-state index in [0.717, 1.165) is 5.56 Å². The molecular weight excluding hydrogens is 640 g/mol. The van der Waals surface area contributed by atoms with Gasteiger partial charge in [0.25, 0.3) is 0 Å². The topological polar surface area (TPSA) is 178 Å². The number of ether oxygens (including phenoxy) is 3. The Morgan fingerprint density at radius 2 is 1.69 bits per heavy atom. The summed E-state index contributed by atoms with van der Waals surface area (Å²) in [6, 6.07) is 5.53. The van der Waals surface area contributed by atoms with Crippen LogP contribution in [0.4, 0.5) is 9.59 Å². The van der Waals surface area contributed by atoms with Gasteiger partial charge in [0.05, 0.1) is 36.6 Å². The predicted molar refractivity (Wildman–Crippen MR) is 178 cm³/mol. The van der Waals surface area contributed by atoms with E-state index in [4.69, 9.17) is 19.9 Å². The zero-order chi connectivity index (χ0) is 35.1. The number of fused-ring (bicyclic) bond motifs is 1. The fraction of sp³-hybridized carbons (Fsp3) is 0.441. The van der Waals surface area contributed by atoms with Crippen LogP contribution in [0.5, 0.6) is 0 Å². The number of nitrogens with zero attached hydrogens (tertiary/aromatic N) is 2. The van der Waals surface area contributed by atoms with Crippen molar-refractivity contribution < 1.29 is 43.3 Å². The first kappa shape index (κ1) is 36.3. The van der Waals surface area contributed by atoms with E-state index in [9.17, 15) is 29.1 Å². The first-order chi connectivity index (χ1) is 22.9. The van der Waals surface area contributed by atoms with Gasteiger partial charge in [0.1, 0.15) is 25.5 Å². The first-order valence-corrected chi connectivity index (χ1v) is 16.5. The molecule has 0 aromatic heterocycles. The Morgan fingerprint density at radius 3 is 2.29 bits per heavy atom. The van der Waals surface area contributed by atoms with Crippen molar-refractivity contribution in [1.29, 1.82) is 0 Å². The Morgan fingerprint density at radius 1 is 1.06 bits per heavy atom. The molecule has 0 radical (unpaired) electrons. The van der Waals surface area contributed by atoms with Crippen molar-refractivity contribution in [3.05, 3.63) is 84.0 Å². The van der Waals surface area contributed by atoms with E-state index >= 15 is 0 Å². The molecule has 1 aromatic rings. The molecule has 3 aliphatic heterocycles. The first-order valence-electron chi connectivity index (χ1n) is 15.6. The minimum absolute atomic E-state index is 0.00394. The Balaban J connectivity index is 1.61. The molecule has 3 heterocycles. The summed E-state index contributed by atoms with van der Waals surface area (Å²) in [6.45, 7) is 14.5. The molecule has 0 spiro atoms. The molecule has 258 valence electrons. The Kier molecular flexibility index (Phi) is 12.1. The van der Waals surface area contributed by atoms with Crippen molar-refractivity contribution in [1.82, 2.24) is 15.1 Å². The molecule has 13 nitrogen and oxygen atoms in total. The van der Waals surface area contributed by atoms with E-state index in [0.29, 0.717) is 16.9 Å². The number of primary amides is 1. The van der Waals surface area contributed by atoms with Gasteiger partial charge in [-0.05, 0) is 24.5 Å². The second-order valence-corrected chi connectivity index (χ2v) is 13.1. The number of nitrogens with two attached hydrogens (primary N) is 1. The van der Waals surface area contributed by atoms with E-state index < -0.39 is 48.2 Å². The van der Waals surface area contributed by atoms with Crippen molar-refractivity contribution in [3.8, 4) is 0 Å². The lowest BCUT2D eigenvalue weighted by Crippen LogP contribution is -2.63. The van der Waals surface area contributed by atoms with Crippen LogP contribution in [0.15, 0.2) is 72.8 Å². The van der Waals surface area contributed by atoms with E-state index in [-0.39, 0.29) is 61.6 Å². The van der Waals surface area contributed by atoms with Crippen LogP contribution in [0.3, 0.4) is 0 Å². The van der Waals surface area contributed by atoms with Gasteiger partial charge in [-0.25, -0.2) is 14.4 Å². The van der Waals surface area contributed by atoms with E-state index in [2.05, 4.69) is 25.1 Å². The van der Waals surface area contributed by atoms with Crippen LogP contribution in [-0.4, -0.2) is 88.6 Å². The number of aliphatic hydroxyl groups excluding tert-OH is 1. The number of likely N-dealkylation sites (tertiary alicyclic amines) is 1. The molecular formula is C34H42N4O9S. The maximum atomic E-state index is 13.3. The van der Waals surface area contributed by atoms with Gasteiger partial charge in [0.15, 0.2) is 0 Å². The minimum atomic E-state index is -0.888. The molecule has 2 fully saturated rings. The highest BCUT2D eigenvalue weighted by atomic mass is 32.2. The van der Waals surface area contributed by atoms with Gasteiger partial charge >= 0.3 is 18.2 Å². The second kappa shape index (κ2) is 16.0. The van der Waals surface area contributed by atoms with Crippen LogP contribution in [-0.2, 0) is 28.6 Å². The number of aliphatic hydroxyl groups is 1. The molecule has 0 unspecified atom stereocenters. The Labute approximate surface area is 283 Å². The summed E-state index contributed by atoms with van der Waals surface area (Å²) in [7, 11) is 0. The molecule has 4 rings (SSSR count). The third kappa shape index (κ3) is 7.76. The van der Waals surface area contributed by atoms with Crippen LogP contribution in [0, 0.1) is 11.8 Å². The van der Waals surface area contributed by atoms with Gasteiger partial charge in [-0.15, -0.1) is 11.8 Å². The monoisotopic (exact) mass is 682 g/mol. The van der Waals surface area contributed by atoms with Gasteiger partial charge in [0, 0.05) is 22.6 Å². The number of carbonyl (C=O) groups is 5. The van der Waals surface area contributed by atoms with Gasteiger partial charge < -0.3 is 40.2 Å². The molecule has 48 heavy (non-hydrogen) atoms. The van der Waals surface area contributed by atoms with Crippen LogP contribution < -0.4 is 11.1 Å². The predicted octanol–water partition coefficient (Wildman–Crippen LogP) is 3.48. The number of esters is 1. The smallest absolute Gasteiger partial charge is 0.410 e. The summed E-state index contributed by atoms with van der Waals surface area (Å²) < 4.78 is 15.8. The summed E-state index contributed by atoms with van der Waals surface area (Å²) in [5.74, 6) is -2.50. The number of nitrogens with one attached hydrogen (secondary N) is 1. The van der Waals surface area contributed by atoms with Gasteiger partial charge in [0.2, 0.25) is 11.8 Å². The zero-order valence-corrected chi connectivity index (χ0v) is 27.9. The number of thioether (sulfide) groups is 1. The molecule has 0 saturated carbocycles. The van der Waals surface area contributed by atoms with E-state index in [1.54, 1.807) is 36.1 Å². The highest BCUT2D eigenvalue weighted by molar-refractivity contribution is 8.03. The number of amides is 4. The number of alkyl carbamates (subject to hydrolysis) is 1. The van der Waals surface area contributed by atoms with Crippen molar-refractivity contribution in [3.63, 3.8) is 0 Å². The van der Waals surface area contributed by atoms with Gasteiger partial charge in [-0.1, -0.05) is 69.2 Å². The molecule has 0 aliphatic carbocycles. The molecule has 1 aromatic carbocycles. The molecule has 4 N–H and O–H groups in total. The van der Waals surface area contributed by atoms with Crippen LogP contribution >= 0.6 is 11.8 Å². The number of rotatable bonds is 15. The number of carbonyl (C=O) groups excluding carboxylic acids is 5. The molecule has 4 amide bonds. The SMILES string of the molecule is C=CCOC(=O)N[C@@H](CC(N)=O)c1ccc([C@H]2C[C@H](SC3=C(C(=O)OCC=C)N4C(=O)[C@H]([C@@H](C)O)[C@H]4[C@H]3C)CN2C(=O)OCC=C)cc1. The van der Waals surface area contributed by atoms with Crippen molar-refractivity contribution >= 4 is 41.7 Å². The fourth-order valence-electron chi connectivity index (χ4n) is 6.39. The van der Waals surface area contributed by atoms with Crippen LogP contribution in [0.1, 0.15) is 49.9 Å². The molecule has 0 bridgehead atoms. The molecule has 14 heteroatoms. The highest BCUT2D eigenvalue weighted by Gasteiger charge is 2.60. The lowest BCUT2D eigenvalue weighted by Gasteiger charge is -2.46. The van der Waals surface area contributed by atoms with Gasteiger partial charge in [-0.3, -0.25) is 9.59 Å². The largest absolute Gasteiger partial charge is 0.457 e. The fourth-order valence-corrected chi connectivity index (χ4v) is 7.91. The summed E-state index contributed by atoms with van der Waals surface area (Å²) in [4.78, 5) is 67.2. The number of hydrogen-bond donors (Lipinski definition) is 3. The third-order valence-corrected chi connectivity index (χ3v) is 10.00. The van der Waals surface area contributed by atoms with Crippen molar-refractivity contribution in [2.75, 3.05) is 26.4 Å². The Hall–Kier alpha value is -4.56. The van der Waals surface area contributed by atoms with Crippen LogP contribution in [0.25, 0.3) is 0 Å². The number of β-lactam (4-membered cyclic amide) rings is 1. The normalized spacial score (nSPS) is 24.1. The lowest BCUT2D eigenvalue weighted by molar-refractivity contribution is -0.164. The molecule has 2 saturated heterocycles. The van der Waals surface area contributed by atoms with Crippen molar-refractivity contribution in [2.24, 2.45) is 17.6 Å².